The first-order chi connectivity index (χ1) is 13.1. The number of nitrogens with zero attached hydrogens (tertiary/aromatic N) is 2. The van der Waals surface area contributed by atoms with E-state index in [9.17, 15) is 9.59 Å². The molecule has 3 unspecified atom stereocenters. The lowest BCUT2D eigenvalue weighted by Gasteiger charge is -2.34. The Balaban J connectivity index is 0.00000150. The zero-order valence-electron chi connectivity index (χ0n) is 16.3. The van der Waals surface area contributed by atoms with E-state index in [1.165, 1.54) is 19.0 Å². The monoisotopic (exact) mass is 462 g/mol. The van der Waals surface area contributed by atoms with Gasteiger partial charge in [-0.2, -0.15) is 0 Å². The number of hydrogen-bond donors (Lipinski definition) is 2. The largest absolute Gasteiger partial charge is 0.342 e. The van der Waals surface area contributed by atoms with Crippen LogP contribution in [0, 0.1) is 11.8 Å². The van der Waals surface area contributed by atoms with Crippen molar-refractivity contribution < 1.29 is 9.59 Å². The molecule has 0 aliphatic carbocycles. The first-order valence-corrected chi connectivity index (χ1v) is 10.4. The van der Waals surface area contributed by atoms with E-state index in [2.05, 4.69) is 15.6 Å². The van der Waals surface area contributed by atoms with Crippen molar-refractivity contribution in [1.82, 2.24) is 15.2 Å². The molecule has 4 heterocycles. The highest BCUT2D eigenvalue weighted by Crippen LogP contribution is 2.33. The van der Waals surface area contributed by atoms with Gasteiger partial charge in [0, 0.05) is 37.8 Å². The lowest BCUT2D eigenvalue weighted by atomic mass is 9.88. The molecule has 0 saturated carbocycles. The predicted octanol–water partition coefficient (Wildman–Crippen LogP) is 3.68. The molecule has 29 heavy (non-hydrogen) atoms. The fourth-order valence-corrected chi connectivity index (χ4v) is 4.93. The van der Waals surface area contributed by atoms with Gasteiger partial charge in [-0.15, -0.1) is 24.8 Å². The maximum atomic E-state index is 12.8. The third-order valence-corrected chi connectivity index (χ3v) is 6.38. The molecule has 6 nitrogen and oxygen atoms in total. The molecule has 9 heteroatoms. The van der Waals surface area contributed by atoms with Gasteiger partial charge in [-0.1, -0.05) is 11.6 Å². The zero-order chi connectivity index (χ0) is 18.8. The first kappa shape index (κ1) is 24.2. The molecule has 2 bridgehead atoms. The number of fused-ring (bicyclic) bond motifs is 2. The number of carbonyl (C=O) groups is 2. The van der Waals surface area contributed by atoms with Crippen LogP contribution in [0.5, 0.6) is 0 Å². The van der Waals surface area contributed by atoms with E-state index in [1.54, 1.807) is 12.1 Å². The van der Waals surface area contributed by atoms with Crippen molar-refractivity contribution >= 4 is 54.0 Å². The van der Waals surface area contributed by atoms with Crippen LogP contribution in [-0.2, 0) is 9.59 Å². The average molecular weight is 464 g/mol. The minimum Gasteiger partial charge on any atom is -0.342 e. The summed E-state index contributed by atoms with van der Waals surface area (Å²) in [6.45, 7) is 1.27. The van der Waals surface area contributed by atoms with Gasteiger partial charge in [0.05, 0.1) is 10.9 Å². The number of rotatable bonds is 4. The van der Waals surface area contributed by atoms with Crippen molar-refractivity contribution in [2.75, 3.05) is 18.4 Å². The Bertz CT molecular complexity index is 691. The second-order valence-corrected chi connectivity index (χ2v) is 8.65. The lowest BCUT2D eigenvalue weighted by Crippen LogP contribution is -2.45. The molecule has 1 aromatic rings. The highest BCUT2D eigenvalue weighted by Gasteiger charge is 2.36. The molecule has 0 radical (unpaired) electrons. The van der Waals surface area contributed by atoms with Gasteiger partial charge in [-0.05, 0) is 56.6 Å². The Kier molecular flexibility index (Phi) is 9.01. The quantitative estimate of drug-likeness (QED) is 0.714. The number of carbonyl (C=O) groups excluding carboxylic acids is 2. The van der Waals surface area contributed by atoms with Crippen LogP contribution < -0.4 is 10.6 Å². The molecule has 1 aromatic heterocycles. The number of amides is 2. The summed E-state index contributed by atoms with van der Waals surface area (Å²) in [5, 5.41) is 7.01. The summed E-state index contributed by atoms with van der Waals surface area (Å²) >= 11 is 5.83. The van der Waals surface area contributed by atoms with Crippen molar-refractivity contribution in [3.63, 3.8) is 0 Å². The zero-order valence-corrected chi connectivity index (χ0v) is 18.7. The van der Waals surface area contributed by atoms with Crippen LogP contribution in [0.25, 0.3) is 0 Å². The minimum absolute atomic E-state index is 0. The minimum atomic E-state index is -0.176. The summed E-state index contributed by atoms with van der Waals surface area (Å²) in [5.41, 5.74) is 0. The van der Waals surface area contributed by atoms with Gasteiger partial charge in [0.2, 0.25) is 11.8 Å². The molecule has 2 N–H and O–H groups in total. The van der Waals surface area contributed by atoms with Crippen LogP contribution in [0.4, 0.5) is 5.82 Å². The van der Waals surface area contributed by atoms with Gasteiger partial charge in [0.15, 0.2) is 0 Å². The molecule has 2 amide bonds. The number of anilines is 1. The molecule has 0 aromatic carbocycles. The van der Waals surface area contributed by atoms with E-state index in [4.69, 9.17) is 11.6 Å². The molecule has 3 aliphatic rings. The third kappa shape index (κ3) is 6.20. The van der Waals surface area contributed by atoms with Crippen molar-refractivity contribution in [3.05, 3.63) is 23.4 Å². The predicted molar refractivity (Wildman–Crippen MR) is 119 cm³/mol. The molecule has 3 atom stereocenters. The van der Waals surface area contributed by atoms with E-state index < -0.39 is 0 Å². The van der Waals surface area contributed by atoms with Gasteiger partial charge in [-0.25, -0.2) is 4.98 Å². The van der Waals surface area contributed by atoms with Crippen molar-refractivity contribution in [2.45, 2.75) is 57.0 Å². The van der Waals surface area contributed by atoms with Gasteiger partial charge >= 0.3 is 0 Å². The molecule has 3 aliphatic heterocycles. The van der Waals surface area contributed by atoms with E-state index in [0.717, 1.165) is 32.2 Å². The highest BCUT2D eigenvalue weighted by atomic mass is 35.5. The van der Waals surface area contributed by atoms with Crippen LogP contribution >= 0.6 is 36.4 Å². The highest BCUT2D eigenvalue weighted by molar-refractivity contribution is 6.30. The van der Waals surface area contributed by atoms with Gasteiger partial charge in [-0.3, -0.25) is 9.59 Å². The summed E-state index contributed by atoms with van der Waals surface area (Å²) in [4.78, 5) is 31.4. The number of likely N-dealkylation sites (tertiary alicyclic amines) is 1. The van der Waals surface area contributed by atoms with Crippen molar-refractivity contribution in [1.29, 1.82) is 0 Å². The normalized spacial score (nSPS) is 28.1. The number of halogens is 3. The average Bonchev–Trinajstić information content (AvgIpc) is 3.02. The Morgan fingerprint density at radius 3 is 2.55 bits per heavy atom. The molecular formula is C20H29Cl3N4O2. The van der Waals surface area contributed by atoms with Crippen LogP contribution in [0.15, 0.2) is 18.3 Å². The van der Waals surface area contributed by atoms with E-state index >= 15 is 0 Å². The van der Waals surface area contributed by atoms with Crippen molar-refractivity contribution in [3.8, 4) is 0 Å². The summed E-state index contributed by atoms with van der Waals surface area (Å²) in [5.74, 6) is 0.955. The van der Waals surface area contributed by atoms with Gasteiger partial charge in [0.25, 0.3) is 0 Å². The summed E-state index contributed by atoms with van der Waals surface area (Å²) < 4.78 is 0. The molecular weight excluding hydrogens is 435 g/mol. The number of aromatic nitrogens is 1. The van der Waals surface area contributed by atoms with Crippen molar-refractivity contribution in [2.24, 2.45) is 11.8 Å². The lowest BCUT2D eigenvalue weighted by molar-refractivity contribution is -0.135. The molecule has 0 spiro atoms. The summed E-state index contributed by atoms with van der Waals surface area (Å²) in [6, 6.07) is 4.60. The fourth-order valence-electron chi connectivity index (χ4n) is 4.81. The second kappa shape index (κ2) is 10.8. The van der Waals surface area contributed by atoms with E-state index in [1.807, 2.05) is 4.90 Å². The maximum absolute atomic E-state index is 12.8. The fraction of sp³-hybridized carbons (Fsp3) is 0.650. The third-order valence-electron chi connectivity index (χ3n) is 6.16. The maximum Gasteiger partial charge on any atom is 0.230 e. The first-order valence-electron chi connectivity index (χ1n) is 10.0. The standard InChI is InChI=1S/C20H27ClN4O2.2ClH/c21-15-3-6-18(22-11-15)24-20(27)14-2-1-7-25(12-14)19(26)10-13-8-16-4-5-17(9-13)23-16;;/h3,6,11,13-14,16-17,23H,1-2,4-5,7-10,12H2,(H,22,24,27);2*1H. The molecule has 4 rings (SSSR count). The van der Waals surface area contributed by atoms with E-state index in [0.29, 0.717) is 41.8 Å². The molecule has 3 saturated heterocycles. The Morgan fingerprint density at radius 2 is 1.90 bits per heavy atom. The van der Waals surface area contributed by atoms with Crippen LogP contribution in [0.2, 0.25) is 5.02 Å². The van der Waals surface area contributed by atoms with Crippen LogP contribution in [-0.4, -0.2) is 46.9 Å². The topological polar surface area (TPSA) is 74.3 Å². The Labute approximate surface area is 189 Å². The molecule has 162 valence electrons. The SMILES string of the molecule is Cl.Cl.O=C(Nc1ccc(Cl)cn1)C1CCCN(C(=O)CC2CC3CCC(C2)N3)C1. The summed E-state index contributed by atoms with van der Waals surface area (Å²) in [6.07, 6.45) is 8.54. The second-order valence-electron chi connectivity index (χ2n) is 8.21. The van der Waals surface area contributed by atoms with Gasteiger partial charge in [0.1, 0.15) is 5.82 Å². The van der Waals surface area contributed by atoms with Crippen LogP contribution in [0.1, 0.15) is 44.9 Å². The number of nitrogens with one attached hydrogen (secondary N) is 2. The van der Waals surface area contributed by atoms with Gasteiger partial charge < -0.3 is 15.5 Å². The Hall–Kier alpha value is -1.08. The smallest absolute Gasteiger partial charge is 0.230 e. The van der Waals surface area contributed by atoms with Crippen LogP contribution in [0.3, 0.4) is 0 Å². The van der Waals surface area contributed by atoms with E-state index in [-0.39, 0.29) is 42.5 Å². The number of pyridine rings is 1. The number of piperidine rings is 2. The molecule has 3 fully saturated rings. The Morgan fingerprint density at radius 1 is 1.17 bits per heavy atom. The number of hydrogen-bond acceptors (Lipinski definition) is 4. The summed E-state index contributed by atoms with van der Waals surface area (Å²) in [7, 11) is 0.